The summed E-state index contributed by atoms with van der Waals surface area (Å²) < 4.78 is 23.5. The zero-order chi connectivity index (χ0) is 17.9. The average molecular weight is 360 g/mol. The van der Waals surface area contributed by atoms with Gasteiger partial charge in [-0.05, 0) is 36.5 Å². The molecular weight excluding hydrogens is 335 g/mol. The second-order valence-corrected chi connectivity index (χ2v) is 7.38. The lowest BCUT2D eigenvalue weighted by Gasteiger charge is -2.35. The Bertz CT molecular complexity index is 721. The Morgan fingerprint density at radius 3 is 2.81 bits per heavy atom. The van der Waals surface area contributed by atoms with Crippen LogP contribution in [0, 0.1) is 11.7 Å². The van der Waals surface area contributed by atoms with E-state index in [2.05, 4.69) is 19.9 Å². The molecule has 6 nitrogen and oxygen atoms in total. The molecule has 26 heavy (non-hydrogen) atoms. The van der Waals surface area contributed by atoms with Gasteiger partial charge in [-0.1, -0.05) is 17.3 Å². The number of ether oxygens (including phenoxy) is 1. The molecule has 0 saturated carbocycles. The zero-order valence-electron chi connectivity index (χ0n) is 15.1. The molecule has 7 heteroatoms. The molecule has 3 aliphatic rings. The van der Waals surface area contributed by atoms with Crippen molar-refractivity contribution in [2.75, 3.05) is 26.7 Å². The third kappa shape index (κ3) is 4.11. The number of piperidine rings is 1. The van der Waals surface area contributed by atoms with E-state index in [0.717, 1.165) is 26.2 Å². The summed E-state index contributed by atoms with van der Waals surface area (Å²) in [6.45, 7) is 5.12. The van der Waals surface area contributed by atoms with Crippen molar-refractivity contribution in [3.8, 4) is 0 Å². The molecule has 0 spiro atoms. The van der Waals surface area contributed by atoms with Crippen LogP contribution in [0.3, 0.4) is 0 Å². The van der Waals surface area contributed by atoms with E-state index in [0.29, 0.717) is 36.8 Å². The fraction of sp³-hybridized carbons (Fsp3) is 0.579. The molecule has 2 bridgehead atoms. The van der Waals surface area contributed by atoms with Crippen LogP contribution in [-0.2, 0) is 24.4 Å². The summed E-state index contributed by atoms with van der Waals surface area (Å²) in [5.41, 5.74) is 1.17. The van der Waals surface area contributed by atoms with Crippen LogP contribution in [0.2, 0.25) is 0 Å². The summed E-state index contributed by atoms with van der Waals surface area (Å²) in [6.07, 6.45) is 2.46. The molecule has 0 aliphatic carbocycles. The molecule has 3 aliphatic heterocycles. The summed E-state index contributed by atoms with van der Waals surface area (Å²) >= 11 is 0. The molecule has 1 aromatic carbocycles. The second kappa shape index (κ2) is 7.82. The maximum absolute atomic E-state index is 13.1. The van der Waals surface area contributed by atoms with Crippen molar-refractivity contribution >= 4 is 0 Å². The van der Waals surface area contributed by atoms with Crippen molar-refractivity contribution in [2.24, 2.45) is 5.92 Å². The molecule has 0 amide bonds. The van der Waals surface area contributed by atoms with Crippen LogP contribution in [0.4, 0.5) is 4.39 Å². The largest absolute Gasteiger partial charge is 0.377 e. The second-order valence-electron chi connectivity index (χ2n) is 7.38. The van der Waals surface area contributed by atoms with Crippen molar-refractivity contribution in [3.05, 3.63) is 47.4 Å². The van der Waals surface area contributed by atoms with E-state index in [-0.39, 0.29) is 5.82 Å². The third-order valence-corrected chi connectivity index (χ3v) is 5.34. The first kappa shape index (κ1) is 17.6. The minimum atomic E-state index is -0.178. The Hall–Kier alpha value is -1.83. The summed E-state index contributed by atoms with van der Waals surface area (Å²) in [5.74, 6) is 1.73. The predicted octanol–water partition coefficient (Wildman–Crippen LogP) is 2.45. The van der Waals surface area contributed by atoms with Crippen LogP contribution in [-0.4, -0.2) is 52.7 Å². The number of hydrogen-bond donors (Lipinski definition) is 0. The SMILES string of the molecule is COCc1noc(CN2C[C@H]3CC[C@@H]2CN(Cc2ccc(F)cc2)C3)n1. The number of halogens is 1. The topological polar surface area (TPSA) is 54.6 Å². The van der Waals surface area contributed by atoms with Crippen LogP contribution in [0.1, 0.15) is 30.1 Å². The normalized spacial score (nSPS) is 24.1. The van der Waals surface area contributed by atoms with Crippen molar-refractivity contribution in [3.63, 3.8) is 0 Å². The van der Waals surface area contributed by atoms with E-state index in [1.54, 1.807) is 19.2 Å². The van der Waals surface area contributed by atoms with Crippen molar-refractivity contribution in [1.82, 2.24) is 19.9 Å². The molecule has 4 heterocycles. The predicted molar refractivity (Wildman–Crippen MR) is 93.6 cm³/mol. The van der Waals surface area contributed by atoms with Gasteiger partial charge in [-0.15, -0.1) is 0 Å². The Balaban J connectivity index is 1.40. The molecule has 1 aromatic heterocycles. The fourth-order valence-corrected chi connectivity index (χ4v) is 4.16. The minimum Gasteiger partial charge on any atom is -0.377 e. The summed E-state index contributed by atoms with van der Waals surface area (Å²) in [6, 6.07) is 7.35. The van der Waals surface area contributed by atoms with Gasteiger partial charge in [-0.2, -0.15) is 4.98 Å². The Morgan fingerprint density at radius 1 is 1.15 bits per heavy atom. The summed E-state index contributed by atoms with van der Waals surface area (Å²) in [7, 11) is 1.62. The molecule has 5 rings (SSSR count). The molecule has 2 atom stereocenters. The highest BCUT2D eigenvalue weighted by Gasteiger charge is 2.35. The quantitative estimate of drug-likeness (QED) is 0.789. The maximum Gasteiger partial charge on any atom is 0.240 e. The fourth-order valence-electron chi connectivity index (χ4n) is 4.16. The van der Waals surface area contributed by atoms with Gasteiger partial charge >= 0.3 is 0 Å². The Kier molecular flexibility index (Phi) is 5.28. The van der Waals surface area contributed by atoms with Crippen LogP contribution < -0.4 is 0 Å². The lowest BCUT2D eigenvalue weighted by molar-refractivity contribution is 0.109. The van der Waals surface area contributed by atoms with Crippen molar-refractivity contribution in [1.29, 1.82) is 0 Å². The van der Waals surface area contributed by atoms with Gasteiger partial charge in [0.15, 0.2) is 5.82 Å². The Morgan fingerprint density at radius 2 is 2.00 bits per heavy atom. The molecule has 2 aromatic rings. The van der Waals surface area contributed by atoms with Crippen LogP contribution in [0.25, 0.3) is 0 Å². The lowest BCUT2D eigenvalue weighted by atomic mass is 9.95. The van der Waals surface area contributed by atoms with E-state index in [4.69, 9.17) is 9.26 Å². The molecule has 0 radical (unpaired) electrons. The van der Waals surface area contributed by atoms with E-state index in [9.17, 15) is 4.39 Å². The van der Waals surface area contributed by atoms with Crippen molar-refractivity contribution < 1.29 is 13.7 Å². The van der Waals surface area contributed by atoms with Gasteiger partial charge in [0, 0.05) is 39.3 Å². The maximum atomic E-state index is 13.1. The van der Waals surface area contributed by atoms with Gasteiger partial charge in [0.05, 0.1) is 6.54 Å². The highest BCUT2D eigenvalue weighted by molar-refractivity contribution is 5.16. The minimum absolute atomic E-state index is 0.178. The highest BCUT2D eigenvalue weighted by Crippen LogP contribution is 2.29. The molecular formula is C19H25FN4O2. The molecule has 140 valence electrons. The summed E-state index contributed by atoms with van der Waals surface area (Å²) in [5, 5.41) is 3.96. The van der Waals surface area contributed by atoms with E-state index >= 15 is 0 Å². The van der Waals surface area contributed by atoms with Gasteiger partial charge in [0.2, 0.25) is 5.89 Å². The standard InChI is InChI=1S/C19H25FN4O2/c1-25-13-18-21-19(26-22-18)12-24-10-15-4-7-17(24)11-23(9-15)8-14-2-5-16(20)6-3-14/h2-3,5-6,15,17H,4,7-13H2,1H3/t15-,17+/m0/s1. The number of aromatic nitrogens is 2. The molecule has 0 N–H and O–H groups in total. The lowest BCUT2D eigenvalue weighted by Crippen LogP contribution is -2.43. The highest BCUT2D eigenvalue weighted by atomic mass is 19.1. The number of fused-ring (bicyclic) bond motifs is 4. The Labute approximate surface area is 152 Å². The molecule has 3 saturated heterocycles. The number of hydrogen-bond acceptors (Lipinski definition) is 6. The van der Waals surface area contributed by atoms with Gasteiger partial charge in [-0.25, -0.2) is 4.39 Å². The van der Waals surface area contributed by atoms with Crippen molar-refractivity contribution in [2.45, 2.75) is 38.6 Å². The van der Waals surface area contributed by atoms with Gasteiger partial charge in [-0.3, -0.25) is 9.80 Å². The first-order chi connectivity index (χ1) is 12.7. The third-order valence-electron chi connectivity index (χ3n) is 5.34. The first-order valence-electron chi connectivity index (χ1n) is 9.21. The van der Waals surface area contributed by atoms with Gasteiger partial charge in [0.25, 0.3) is 0 Å². The first-order valence-corrected chi connectivity index (χ1v) is 9.21. The average Bonchev–Trinajstić information content (AvgIpc) is 2.88. The van der Waals surface area contributed by atoms with E-state index < -0.39 is 0 Å². The summed E-state index contributed by atoms with van der Waals surface area (Å²) in [4.78, 5) is 9.38. The zero-order valence-corrected chi connectivity index (χ0v) is 15.1. The van der Waals surface area contributed by atoms with Crippen LogP contribution in [0.15, 0.2) is 28.8 Å². The van der Waals surface area contributed by atoms with Crippen LogP contribution in [0.5, 0.6) is 0 Å². The monoisotopic (exact) mass is 360 g/mol. The number of methoxy groups -OCH3 is 1. The molecule has 0 unspecified atom stereocenters. The van der Waals surface area contributed by atoms with E-state index in [1.807, 2.05) is 12.1 Å². The van der Waals surface area contributed by atoms with Gasteiger partial charge in [0.1, 0.15) is 12.4 Å². The smallest absolute Gasteiger partial charge is 0.240 e. The van der Waals surface area contributed by atoms with E-state index in [1.165, 1.54) is 18.4 Å². The number of nitrogens with zero attached hydrogens (tertiary/aromatic N) is 4. The van der Waals surface area contributed by atoms with Gasteiger partial charge < -0.3 is 9.26 Å². The number of rotatable bonds is 6. The number of benzene rings is 1. The van der Waals surface area contributed by atoms with Crippen LogP contribution >= 0.6 is 0 Å². The molecule has 3 fully saturated rings.